The van der Waals surface area contributed by atoms with Crippen LogP contribution in [-0.2, 0) is 6.54 Å². The summed E-state index contributed by atoms with van der Waals surface area (Å²) in [6, 6.07) is 2.55. The summed E-state index contributed by atoms with van der Waals surface area (Å²) in [7, 11) is 0. The zero-order valence-electron chi connectivity index (χ0n) is 11.2. The molecule has 96 valence electrons. The second-order valence-corrected chi connectivity index (χ2v) is 6.22. The second-order valence-electron chi connectivity index (χ2n) is 6.22. The van der Waals surface area contributed by atoms with Gasteiger partial charge in [0, 0.05) is 12.1 Å². The number of nitrogens with zero attached hydrogens (tertiary/aromatic N) is 1. The van der Waals surface area contributed by atoms with E-state index in [9.17, 15) is 0 Å². The van der Waals surface area contributed by atoms with Gasteiger partial charge in [-0.25, -0.2) is 0 Å². The first-order valence-corrected chi connectivity index (χ1v) is 6.70. The van der Waals surface area contributed by atoms with Crippen molar-refractivity contribution in [2.75, 3.05) is 0 Å². The van der Waals surface area contributed by atoms with Crippen molar-refractivity contribution in [2.24, 2.45) is 11.3 Å². The Labute approximate surface area is 104 Å². The molecule has 3 nitrogen and oxygen atoms in total. The summed E-state index contributed by atoms with van der Waals surface area (Å²) in [5, 5.41) is 7.39. The molecule has 1 aliphatic rings. The molecule has 0 saturated heterocycles. The summed E-state index contributed by atoms with van der Waals surface area (Å²) in [5.74, 6) is 1.70. The second kappa shape index (κ2) is 5.21. The van der Waals surface area contributed by atoms with Gasteiger partial charge in [-0.15, -0.1) is 0 Å². The molecule has 2 rings (SSSR count). The molecular weight excluding hydrogens is 212 g/mol. The summed E-state index contributed by atoms with van der Waals surface area (Å²) in [4.78, 5) is 0. The van der Waals surface area contributed by atoms with Crippen molar-refractivity contribution < 1.29 is 4.52 Å². The Hall–Kier alpha value is -0.830. The van der Waals surface area contributed by atoms with E-state index in [4.69, 9.17) is 4.52 Å². The molecule has 0 amide bonds. The SMILES string of the molecule is CC(C)(C)C1CCCCC1NCc1ccno1. The van der Waals surface area contributed by atoms with E-state index in [0.29, 0.717) is 11.5 Å². The molecule has 17 heavy (non-hydrogen) atoms. The third kappa shape index (κ3) is 3.32. The molecule has 0 aromatic carbocycles. The maximum absolute atomic E-state index is 5.13. The maximum atomic E-state index is 5.13. The van der Waals surface area contributed by atoms with Gasteiger partial charge in [0.1, 0.15) is 5.76 Å². The van der Waals surface area contributed by atoms with Crippen molar-refractivity contribution in [2.45, 2.75) is 59.0 Å². The van der Waals surface area contributed by atoms with E-state index in [-0.39, 0.29) is 0 Å². The van der Waals surface area contributed by atoms with Crippen LogP contribution in [0.2, 0.25) is 0 Å². The highest BCUT2D eigenvalue weighted by molar-refractivity contribution is 4.95. The van der Waals surface area contributed by atoms with Gasteiger partial charge in [0.2, 0.25) is 0 Å². The fourth-order valence-electron chi connectivity index (χ4n) is 2.98. The molecule has 1 aromatic rings. The lowest BCUT2D eigenvalue weighted by Crippen LogP contribution is -2.43. The van der Waals surface area contributed by atoms with Crippen LogP contribution < -0.4 is 5.32 Å². The summed E-state index contributed by atoms with van der Waals surface area (Å²) in [6.07, 6.45) is 7.07. The van der Waals surface area contributed by atoms with Crippen molar-refractivity contribution in [1.82, 2.24) is 10.5 Å². The first-order valence-electron chi connectivity index (χ1n) is 6.70. The minimum atomic E-state index is 0.388. The summed E-state index contributed by atoms with van der Waals surface area (Å²) in [5.41, 5.74) is 0.388. The van der Waals surface area contributed by atoms with Gasteiger partial charge in [-0.3, -0.25) is 0 Å². The lowest BCUT2D eigenvalue weighted by molar-refractivity contribution is 0.128. The van der Waals surface area contributed by atoms with Gasteiger partial charge in [0.25, 0.3) is 0 Å². The van der Waals surface area contributed by atoms with Gasteiger partial charge in [-0.1, -0.05) is 38.8 Å². The molecule has 3 heteroatoms. The Balaban J connectivity index is 1.92. The Morgan fingerprint density at radius 2 is 2.12 bits per heavy atom. The molecule has 1 aliphatic carbocycles. The Kier molecular flexibility index (Phi) is 3.87. The van der Waals surface area contributed by atoms with Gasteiger partial charge in [-0.05, 0) is 24.2 Å². The first-order chi connectivity index (χ1) is 8.07. The van der Waals surface area contributed by atoms with Gasteiger partial charge in [0.15, 0.2) is 0 Å². The molecule has 1 fully saturated rings. The van der Waals surface area contributed by atoms with E-state index < -0.39 is 0 Å². The minimum Gasteiger partial charge on any atom is -0.360 e. The number of rotatable bonds is 3. The van der Waals surface area contributed by atoms with E-state index in [1.807, 2.05) is 6.07 Å². The highest BCUT2D eigenvalue weighted by Gasteiger charge is 2.33. The monoisotopic (exact) mass is 236 g/mol. The number of aromatic nitrogens is 1. The fraction of sp³-hybridized carbons (Fsp3) is 0.786. The van der Waals surface area contributed by atoms with Crippen LogP contribution >= 0.6 is 0 Å². The van der Waals surface area contributed by atoms with E-state index in [1.165, 1.54) is 25.7 Å². The Morgan fingerprint density at radius 1 is 1.35 bits per heavy atom. The van der Waals surface area contributed by atoms with Crippen LogP contribution in [-0.4, -0.2) is 11.2 Å². The highest BCUT2D eigenvalue weighted by atomic mass is 16.5. The molecular formula is C14H24N2O. The van der Waals surface area contributed by atoms with Crippen molar-refractivity contribution in [3.63, 3.8) is 0 Å². The molecule has 1 heterocycles. The van der Waals surface area contributed by atoms with Gasteiger partial charge in [0.05, 0.1) is 12.7 Å². The zero-order valence-corrected chi connectivity index (χ0v) is 11.2. The molecule has 0 aliphatic heterocycles. The van der Waals surface area contributed by atoms with Crippen LogP contribution in [0.1, 0.15) is 52.2 Å². The first kappa shape index (κ1) is 12.6. The van der Waals surface area contributed by atoms with Crippen LogP contribution in [0.25, 0.3) is 0 Å². The topological polar surface area (TPSA) is 38.1 Å². The van der Waals surface area contributed by atoms with E-state index in [2.05, 4.69) is 31.2 Å². The minimum absolute atomic E-state index is 0.388. The average Bonchev–Trinajstić information content (AvgIpc) is 2.78. The highest BCUT2D eigenvalue weighted by Crippen LogP contribution is 2.38. The summed E-state index contributed by atoms with van der Waals surface area (Å²) in [6.45, 7) is 7.86. The standard InChI is InChI=1S/C14H24N2O/c1-14(2,3)12-6-4-5-7-13(12)15-10-11-8-9-16-17-11/h8-9,12-13,15H,4-7,10H2,1-3H3. The van der Waals surface area contributed by atoms with Crippen LogP contribution in [0.4, 0.5) is 0 Å². The van der Waals surface area contributed by atoms with Crippen LogP contribution in [0.15, 0.2) is 16.8 Å². The third-order valence-corrected chi connectivity index (χ3v) is 3.91. The van der Waals surface area contributed by atoms with Gasteiger partial charge in [-0.2, -0.15) is 0 Å². The Bertz CT molecular complexity index is 326. The third-order valence-electron chi connectivity index (χ3n) is 3.91. The number of hydrogen-bond acceptors (Lipinski definition) is 3. The van der Waals surface area contributed by atoms with Gasteiger partial charge < -0.3 is 9.84 Å². The molecule has 2 atom stereocenters. The van der Waals surface area contributed by atoms with Crippen LogP contribution in [0.3, 0.4) is 0 Å². The lowest BCUT2D eigenvalue weighted by atomic mass is 9.69. The molecule has 2 unspecified atom stereocenters. The average molecular weight is 236 g/mol. The summed E-state index contributed by atoms with van der Waals surface area (Å²) < 4.78 is 5.13. The number of hydrogen-bond donors (Lipinski definition) is 1. The lowest BCUT2D eigenvalue weighted by Gasteiger charge is -2.40. The smallest absolute Gasteiger partial charge is 0.150 e. The van der Waals surface area contributed by atoms with Gasteiger partial charge >= 0.3 is 0 Å². The predicted octanol–water partition coefficient (Wildman–Crippen LogP) is 3.37. The van der Waals surface area contributed by atoms with Crippen LogP contribution in [0, 0.1) is 11.3 Å². The molecule has 1 aromatic heterocycles. The fourth-order valence-corrected chi connectivity index (χ4v) is 2.98. The van der Waals surface area contributed by atoms with Crippen LogP contribution in [0.5, 0.6) is 0 Å². The molecule has 0 spiro atoms. The largest absolute Gasteiger partial charge is 0.360 e. The maximum Gasteiger partial charge on any atom is 0.150 e. The predicted molar refractivity (Wildman–Crippen MR) is 68.5 cm³/mol. The van der Waals surface area contributed by atoms with E-state index >= 15 is 0 Å². The van der Waals surface area contributed by atoms with Crippen molar-refractivity contribution in [3.05, 3.63) is 18.0 Å². The van der Waals surface area contributed by atoms with Crippen molar-refractivity contribution in [1.29, 1.82) is 0 Å². The van der Waals surface area contributed by atoms with Crippen molar-refractivity contribution >= 4 is 0 Å². The zero-order chi connectivity index (χ0) is 12.3. The van der Waals surface area contributed by atoms with Crippen molar-refractivity contribution in [3.8, 4) is 0 Å². The Morgan fingerprint density at radius 3 is 2.76 bits per heavy atom. The quantitative estimate of drug-likeness (QED) is 0.874. The molecule has 0 bridgehead atoms. The number of nitrogens with one attached hydrogen (secondary N) is 1. The van der Waals surface area contributed by atoms with E-state index in [1.54, 1.807) is 6.20 Å². The molecule has 1 saturated carbocycles. The normalized spacial score (nSPS) is 26.1. The van der Waals surface area contributed by atoms with E-state index in [0.717, 1.165) is 18.2 Å². The summed E-state index contributed by atoms with van der Waals surface area (Å²) >= 11 is 0. The molecule has 1 N–H and O–H groups in total. The molecule has 0 radical (unpaired) electrons.